The molecule has 0 unspecified atom stereocenters. The Bertz CT molecular complexity index is 1760. The summed E-state index contributed by atoms with van der Waals surface area (Å²) in [5.74, 6) is -1.79. The van der Waals surface area contributed by atoms with Crippen LogP contribution in [0, 0.1) is 0 Å². The minimum absolute atomic E-state index is 0.101. The lowest BCUT2D eigenvalue weighted by atomic mass is 9.99. The van der Waals surface area contributed by atoms with Crippen LogP contribution in [0.5, 0.6) is 23.0 Å². The zero-order valence-corrected chi connectivity index (χ0v) is 27.5. The van der Waals surface area contributed by atoms with Crippen molar-refractivity contribution in [2.75, 3.05) is 6.61 Å². The molecule has 6 rings (SSSR count). The van der Waals surface area contributed by atoms with E-state index in [1.54, 1.807) is 0 Å². The van der Waals surface area contributed by atoms with Gasteiger partial charge in [-0.3, -0.25) is 4.79 Å². The van der Waals surface area contributed by atoms with Crippen LogP contribution in [0.3, 0.4) is 0 Å². The molecule has 3 fully saturated rings. The highest BCUT2D eigenvalue weighted by atomic mass is 16.7. The fourth-order valence-corrected chi connectivity index (χ4v) is 6.08. The standard InChI is InChI=1S/C33H40O19/c1-10-19(36)23(40)26(43)31(46-10)48-13-5-3-12(4-6-13)29-30(52-33-28(45)25(42)21(38)17(9-34)51-33)22(39)18-15(35)7-14(8-16(18)50-29)49-32-27(44)24(41)20(37)11(2)47-32/h3-8,10-11,17,19-21,23-28,31-38,40-45H,9H2,1-2H3/t10-,11+,17+,19-,20-,21+,23+,24-,25+,26-,27+,28+,31-,32-,33-/m0/s1. The zero-order valence-electron chi connectivity index (χ0n) is 27.5. The minimum atomic E-state index is -1.93. The van der Waals surface area contributed by atoms with Gasteiger partial charge in [-0.2, -0.15) is 0 Å². The first-order valence-electron chi connectivity index (χ1n) is 16.2. The van der Waals surface area contributed by atoms with E-state index < -0.39 is 121 Å². The van der Waals surface area contributed by atoms with E-state index >= 15 is 0 Å². The number of fused-ring (bicyclic) bond motifs is 1. The van der Waals surface area contributed by atoms with Crippen LogP contribution in [0.2, 0.25) is 0 Å². The molecule has 2 aromatic carbocycles. The SMILES string of the molecule is C[C@@H]1O[C@@H](Oc2ccc(-c3oc4cc(O[C@@H]5O[C@H](C)[C@H](O)[C@H](O)[C@H]5O)cc(O)c4c(=O)c3O[C@@H]3O[C@H](CO)[C@@H](O)[C@@H](O)[C@H]3O)cc2)[C@@H](O)[C@H](O)[C@H]1O. The van der Waals surface area contributed by atoms with E-state index in [2.05, 4.69) is 0 Å². The molecular formula is C33H40O19. The molecule has 0 bridgehead atoms. The number of phenolic OH excluding ortho intramolecular Hbond substituents is 1. The Kier molecular flexibility index (Phi) is 11.0. The summed E-state index contributed by atoms with van der Waals surface area (Å²) in [7, 11) is 0. The molecule has 0 aliphatic carbocycles. The number of hydrogen-bond donors (Lipinski definition) is 11. The molecule has 0 radical (unpaired) electrons. The van der Waals surface area contributed by atoms with Crippen molar-refractivity contribution in [3.63, 3.8) is 0 Å². The predicted octanol–water partition coefficient (Wildman–Crippen LogP) is -3.24. The lowest BCUT2D eigenvalue weighted by molar-refractivity contribution is -0.277. The van der Waals surface area contributed by atoms with Gasteiger partial charge in [-0.15, -0.1) is 0 Å². The molecule has 15 atom stereocenters. The number of phenols is 1. The van der Waals surface area contributed by atoms with E-state index in [4.69, 9.17) is 32.8 Å². The number of aliphatic hydroxyl groups is 10. The molecule has 4 heterocycles. The van der Waals surface area contributed by atoms with Crippen LogP contribution in [0.15, 0.2) is 45.6 Å². The van der Waals surface area contributed by atoms with Crippen molar-refractivity contribution in [2.45, 2.75) is 106 Å². The van der Waals surface area contributed by atoms with Crippen molar-refractivity contribution in [1.29, 1.82) is 0 Å². The Morgan fingerprint density at radius 3 is 1.65 bits per heavy atom. The fraction of sp³-hybridized carbons (Fsp3) is 0.545. The van der Waals surface area contributed by atoms with E-state index in [0.29, 0.717) is 0 Å². The van der Waals surface area contributed by atoms with Gasteiger partial charge in [0.15, 0.2) is 5.76 Å². The van der Waals surface area contributed by atoms with E-state index in [1.807, 2.05) is 0 Å². The van der Waals surface area contributed by atoms with Crippen molar-refractivity contribution >= 4 is 11.0 Å². The Hall–Kier alpha value is -3.67. The normalized spacial score (nSPS) is 38.2. The van der Waals surface area contributed by atoms with Crippen LogP contribution in [0.25, 0.3) is 22.3 Å². The molecule has 3 saturated heterocycles. The summed E-state index contributed by atoms with van der Waals surface area (Å²) in [5, 5.41) is 112. The van der Waals surface area contributed by atoms with Crippen LogP contribution < -0.4 is 19.6 Å². The number of aromatic hydroxyl groups is 1. The number of aliphatic hydroxyl groups excluding tert-OH is 10. The lowest BCUT2D eigenvalue weighted by Gasteiger charge is -2.39. The zero-order chi connectivity index (χ0) is 37.8. The van der Waals surface area contributed by atoms with Crippen LogP contribution in [-0.2, 0) is 14.2 Å². The molecule has 0 spiro atoms. The molecule has 0 saturated carbocycles. The summed E-state index contributed by atoms with van der Waals surface area (Å²) in [4.78, 5) is 14.0. The molecular weight excluding hydrogens is 700 g/mol. The number of rotatable bonds is 8. The van der Waals surface area contributed by atoms with Gasteiger partial charge in [0.2, 0.25) is 30.0 Å². The first kappa shape index (κ1) is 38.1. The van der Waals surface area contributed by atoms with Gasteiger partial charge in [0.25, 0.3) is 0 Å². The van der Waals surface area contributed by atoms with Crippen LogP contribution in [-0.4, -0.2) is 155 Å². The van der Waals surface area contributed by atoms with E-state index in [9.17, 15) is 61.0 Å². The third-order valence-corrected chi connectivity index (χ3v) is 9.23. The first-order valence-corrected chi connectivity index (χ1v) is 16.2. The molecule has 286 valence electrons. The number of hydrogen-bond acceptors (Lipinski definition) is 19. The van der Waals surface area contributed by atoms with E-state index in [-0.39, 0.29) is 28.4 Å². The second-order valence-electron chi connectivity index (χ2n) is 12.8. The maximum atomic E-state index is 14.0. The first-order chi connectivity index (χ1) is 24.6. The van der Waals surface area contributed by atoms with Gasteiger partial charge in [-0.1, -0.05) is 0 Å². The van der Waals surface area contributed by atoms with E-state index in [1.165, 1.54) is 38.1 Å². The summed E-state index contributed by atoms with van der Waals surface area (Å²) in [5.41, 5.74) is -1.20. The molecule has 0 amide bonds. The van der Waals surface area contributed by atoms with Crippen LogP contribution in [0.1, 0.15) is 13.8 Å². The van der Waals surface area contributed by atoms with Crippen LogP contribution in [0.4, 0.5) is 0 Å². The topological polar surface area (TPSA) is 308 Å². The molecule has 19 heteroatoms. The lowest BCUT2D eigenvalue weighted by Crippen LogP contribution is -2.60. The number of benzene rings is 2. The predicted molar refractivity (Wildman–Crippen MR) is 170 cm³/mol. The van der Waals surface area contributed by atoms with Gasteiger partial charge in [-0.05, 0) is 38.1 Å². The molecule has 3 aliphatic rings. The maximum Gasteiger partial charge on any atom is 0.239 e. The van der Waals surface area contributed by atoms with Crippen molar-refractivity contribution in [2.24, 2.45) is 0 Å². The third kappa shape index (κ3) is 7.03. The molecule has 3 aliphatic heterocycles. The quantitative estimate of drug-likeness (QED) is 0.108. The molecule has 52 heavy (non-hydrogen) atoms. The highest BCUT2D eigenvalue weighted by Gasteiger charge is 2.46. The Labute approximate surface area is 293 Å². The summed E-state index contributed by atoms with van der Waals surface area (Å²) in [6.07, 6.45) is -22.8. The molecule has 11 N–H and O–H groups in total. The Morgan fingerprint density at radius 2 is 1.12 bits per heavy atom. The highest BCUT2D eigenvalue weighted by molar-refractivity contribution is 5.88. The van der Waals surface area contributed by atoms with E-state index in [0.717, 1.165) is 12.1 Å². The summed E-state index contributed by atoms with van der Waals surface area (Å²) >= 11 is 0. The van der Waals surface area contributed by atoms with Crippen molar-refractivity contribution in [3.8, 4) is 34.3 Å². The third-order valence-electron chi connectivity index (χ3n) is 9.23. The van der Waals surface area contributed by atoms with Gasteiger partial charge in [0, 0.05) is 17.7 Å². The van der Waals surface area contributed by atoms with Gasteiger partial charge in [-0.25, -0.2) is 0 Å². The van der Waals surface area contributed by atoms with Crippen molar-refractivity contribution in [1.82, 2.24) is 0 Å². The Balaban J connectivity index is 1.38. The molecule has 19 nitrogen and oxygen atoms in total. The van der Waals surface area contributed by atoms with Gasteiger partial charge in [0.1, 0.15) is 89.3 Å². The van der Waals surface area contributed by atoms with Crippen molar-refractivity contribution < 1.29 is 89.0 Å². The monoisotopic (exact) mass is 740 g/mol. The second-order valence-corrected chi connectivity index (χ2v) is 12.8. The van der Waals surface area contributed by atoms with Gasteiger partial charge in [0.05, 0.1) is 18.8 Å². The van der Waals surface area contributed by atoms with Crippen molar-refractivity contribution in [3.05, 3.63) is 46.6 Å². The summed E-state index contributed by atoms with van der Waals surface area (Å²) < 4.78 is 39.5. The second kappa shape index (κ2) is 15.0. The largest absolute Gasteiger partial charge is 0.507 e. The maximum absolute atomic E-state index is 14.0. The minimum Gasteiger partial charge on any atom is -0.507 e. The average Bonchev–Trinajstić information content (AvgIpc) is 3.12. The Morgan fingerprint density at radius 1 is 0.615 bits per heavy atom. The average molecular weight is 741 g/mol. The van der Waals surface area contributed by atoms with Crippen LogP contribution >= 0.6 is 0 Å². The summed E-state index contributed by atoms with van der Waals surface area (Å²) in [6.45, 7) is 2.12. The molecule has 3 aromatic rings. The smallest absolute Gasteiger partial charge is 0.239 e. The fourth-order valence-electron chi connectivity index (χ4n) is 6.08. The summed E-state index contributed by atoms with van der Waals surface area (Å²) in [6, 6.07) is 7.65. The van der Waals surface area contributed by atoms with Gasteiger partial charge >= 0.3 is 0 Å². The molecule has 1 aromatic heterocycles. The van der Waals surface area contributed by atoms with Gasteiger partial charge < -0.3 is 89.0 Å². The number of ether oxygens (including phenoxy) is 6. The highest BCUT2D eigenvalue weighted by Crippen LogP contribution is 2.39.